The van der Waals surface area contributed by atoms with Crippen LogP contribution in [0, 0.1) is 6.92 Å². The van der Waals surface area contributed by atoms with Crippen LogP contribution in [0.15, 0.2) is 72.8 Å². The van der Waals surface area contributed by atoms with Gasteiger partial charge in [-0.15, -0.1) is 0 Å². The molecular weight excluding hydrogens is 244 g/mol. The average molecular weight is 259 g/mol. The van der Waals surface area contributed by atoms with Gasteiger partial charge in [0, 0.05) is 17.4 Å². The van der Waals surface area contributed by atoms with Crippen LogP contribution in [-0.2, 0) is 17.4 Å². The molecule has 0 N–H and O–H groups in total. The van der Waals surface area contributed by atoms with Crippen LogP contribution in [0.25, 0.3) is 10.8 Å². The van der Waals surface area contributed by atoms with Gasteiger partial charge in [0.15, 0.2) is 0 Å². The molecule has 0 heterocycles. The van der Waals surface area contributed by atoms with Crippen molar-refractivity contribution in [2.75, 3.05) is 0 Å². The molecule has 3 aromatic rings. The quantitative estimate of drug-likeness (QED) is 0.519. The van der Waals surface area contributed by atoms with Crippen molar-refractivity contribution < 1.29 is 17.4 Å². The fraction of sp³-hybridized carbons (Fsp3) is 0.0625. The molecule has 0 nitrogen and oxygen atoms in total. The second kappa shape index (κ2) is 7.02. The molecule has 0 saturated heterocycles. The van der Waals surface area contributed by atoms with Crippen molar-refractivity contribution in [3.05, 3.63) is 78.4 Å². The van der Waals surface area contributed by atoms with Gasteiger partial charge in [0.1, 0.15) is 0 Å². The molecule has 0 atom stereocenters. The Morgan fingerprint density at radius 3 is 2.00 bits per heavy atom. The van der Waals surface area contributed by atoms with Gasteiger partial charge in [0.25, 0.3) is 0 Å². The number of aryl methyl sites for hydroxylation is 1. The second-order valence-corrected chi connectivity index (χ2v) is 3.76. The SMILES string of the molecule is Cc1cccc2ccccc12.[Cr].c1cc[cH-]c1. The summed E-state index contributed by atoms with van der Waals surface area (Å²) in [6, 6.07) is 24.8. The summed E-state index contributed by atoms with van der Waals surface area (Å²) in [5.74, 6) is 0. The van der Waals surface area contributed by atoms with E-state index in [-0.39, 0.29) is 17.4 Å². The maximum atomic E-state index is 2.16. The molecule has 0 amide bonds. The summed E-state index contributed by atoms with van der Waals surface area (Å²) >= 11 is 0. The van der Waals surface area contributed by atoms with Crippen molar-refractivity contribution >= 4 is 10.8 Å². The van der Waals surface area contributed by atoms with Gasteiger partial charge in [-0.05, 0) is 23.3 Å². The molecule has 0 radical (unpaired) electrons. The molecule has 0 aliphatic heterocycles. The maximum Gasteiger partial charge on any atom is 0 e. The minimum atomic E-state index is 0. The summed E-state index contributed by atoms with van der Waals surface area (Å²) in [5.41, 5.74) is 1.35. The van der Waals surface area contributed by atoms with Gasteiger partial charge < -0.3 is 0 Å². The Bertz CT molecular complexity index is 516. The zero-order valence-electron chi connectivity index (χ0n) is 9.84. The molecule has 3 rings (SSSR count). The van der Waals surface area contributed by atoms with Gasteiger partial charge in [-0.3, -0.25) is 0 Å². The van der Waals surface area contributed by atoms with Crippen molar-refractivity contribution in [2.24, 2.45) is 0 Å². The molecule has 0 fully saturated rings. The van der Waals surface area contributed by atoms with E-state index in [0.29, 0.717) is 0 Å². The Morgan fingerprint density at radius 2 is 1.41 bits per heavy atom. The zero-order chi connectivity index (χ0) is 11.2. The van der Waals surface area contributed by atoms with Crippen LogP contribution in [0.4, 0.5) is 0 Å². The predicted molar refractivity (Wildman–Crippen MR) is 70.7 cm³/mol. The molecule has 0 saturated carbocycles. The van der Waals surface area contributed by atoms with Crippen molar-refractivity contribution in [3.8, 4) is 0 Å². The topological polar surface area (TPSA) is 0 Å². The van der Waals surface area contributed by atoms with Crippen LogP contribution in [0.2, 0.25) is 0 Å². The third-order valence-corrected chi connectivity index (χ3v) is 2.56. The summed E-state index contributed by atoms with van der Waals surface area (Å²) < 4.78 is 0. The van der Waals surface area contributed by atoms with Crippen molar-refractivity contribution in [3.63, 3.8) is 0 Å². The molecule has 0 bridgehead atoms. The number of hydrogen-bond donors (Lipinski definition) is 0. The normalized spacial score (nSPS) is 9.00. The maximum absolute atomic E-state index is 2.16. The van der Waals surface area contributed by atoms with Gasteiger partial charge in [0.2, 0.25) is 0 Å². The van der Waals surface area contributed by atoms with E-state index in [9.17, 15) is 0 Å². The predicted octanol–water partition coefficient (Wildman–Crippen LogP) is 4.55. The first-order chi connectivity index (χ1) is 7.88. The third-order valence-electron chi connectivity index (χ3n) is 2.56. The molecule has 3 aromatic carbocycles. The van der Waals surface area contributed by atoms with Crippen molar-refractivity contribution in [1.29, 1.82) is 0 Å². The van der Waals surface area contributed by atoms with Crippen molar-refractivity contribution in [1.82, 2.24) is 0 Å². The summed E-state index contributed by atoms with van der Waals surface area (Å²) in [6.45, 7) is 2.14. The van der Waals surface area contributed by atoms with Crippen LogP contribution >= 0.6 is 0 Å². The van der Waals surface area contributed by atoms with Gasteiger partial charge >= 0.3 is 0 Å². The molecule has 17 heavy (non-hydrogen) atoms. The van der Waals surface area contributed by atoms with E-state index in [4.69, 9.17) is 0 Å². The fourth-order valence-corrected chi connectivity index (χ4v) is 1.71. The molecule has 0 aliphatic carbocycles. The van der Waals surface area contributed by atoms with Crippen LogP contribution in [0.1, 0.15) is 5.56 Å². The zero-order valence-corrected chi connectivity index (χ0v) is 11.1. The summed E-state index contributed by atoms with van der Waals surface area (Å²) in [4.78, 5) is 0. The summed E-state index contributed by atoms with van der Waals surface area (Å²) in [7, 11) is 0. The first-order valence-electron chi connectivity index (χ1n) is 5.49. The number of fused-ring (bicyclic) bond motifs is 1. The largest absolute Gasteiger partial charge is 0.214 e. The minimum absolute atomic E-state index is 0. The number of hydrogen-bond acceptors (Lipinski definition) is 0. The molecule has 0 spiro atoms. The van der Waals surface area contributed by atoms with Crippen LogP contribution in [-0.4, -0.2) is 0 Å². The van der Waals surface area contributed by atoms with Gasteiger partial charge in [-0.2, -0.15) is 18.2 Å². The van der Waals surface area contributed by atoms with Crippen molar-refractivity contribution in [2.45, 2.75) is 6.92 Å². The van der Waals surface area contributed by atoms with E-state index in [1.54, 1.807) is 0 Å². The Balaban J connectivity index is 0.000000205. The third kappa shape index (κ3) is 3.82. The van der Waals surface area contributed by atoms with Crippen LogP contribution in [0.3, 0.4) is 0 Å². The Labute approximate surface area is 113 Å². The fourth-order valence-electron chi connectivity index (χ4n) is 1.71. The standard InChI is InChI=1S/C11H10.C5H5.Cr/c1-9-5-4-7-10-6-2-3-8-11(9)10;1-2-4-5-3-1;/h2-8H,1H3;1-5H;/q;-1;. The van der Waals surface area contributed by atoms with Crippen LogP contribution in [0.5, 0.6) is 0 Å². The molecule has 0 aromatic heterocycles. The average Bonchev–Trinajstić information content (AvgIpc) is 2.88. The minimum Gasteiger partial charge on any atom is -0.214 e. The van der Waals surface area contributed by atoms with E-state index in [1.165, 1.54) is 16.3 Å². The summed E-state index contributed by atoms with van der Waals surface area (Å²) in [6.07, 6.45) is 0. The molecule has 0 unspecified atom stereocenters. The van der Waals surface area contributed by atoms with Gasteiger partial charge in [-0.1, -0.05) is 42.5 Å². The van der Waals surface area contributed by atoms with E-state index in [1.807, 2.05) is 30.3 Å². The van der Waals surface area contributed by atoms with E-state index < -0.39 is 0 Å². The Morgan fingerprint density at radius 1 is 0.765 bits per heavy atom. The van der Waals surface area contributed by atoms with Gasteiger partial charge in [-0.25, -0.2) is 12.1 Å². The molecule has 0 aliphatic rings. The molecule has 86 valence electrons. The van der Waals surface area contributed by atoms with Crippen LogP contribution < -0.4 is 0 Å². The second-order valence-electron chi connectivity index (χ2n) is 3.76. The smallest absolute Gasteiger partial charge is 0 e. The monoisotopic (exact) mass is 259 g/mol. The first-order valence-corrected chi connectivity index (χ1v) is 5.49. The molecule has 1 heteroatoms. The van der Waals surface area contributed by atoms with E-state index >= 15 is 0 Å². The number of rotatable bonds is 0. The van der Waals surface area contributed by atoms with E-state index in [2.05, 4.69) is 49.4 Å². The van der Waals surface area contributed by atoms with E-state index in [0.717, 1.165) is 0 Å². The Hall–Kier alpha value is -1.42. The number of benzene rings is 2. The summed E-state index contributed by atoms with van der Waals surface area (Å²) in [5, 5.41) is 2.68. The Kier molecular flexibility index (Phi) is 5.63. The molecular formula is C16H15Cr-. The van der Waals surface area contributed by atoms with Gasteiger partial charge in [0.05, 0.1) is 0 Å². The first kappa shape index (κ1) is 13.6.